The minimum absolute atomic E-state index is 0.118. The summed E-state index contributed by atoms with van der Waals surface area (Å²) < 4.78 is 54.4. The Labute approximate surface area is 159 Å². The number of sulfonamides is 1. The van der Waals surface area contributed by atoms with Gasteiger partial charge in [-0.1, -0.05) is 30.3 Å². The van der Waals surface area contributed by atoms with Crippen LogP contribution in [0.1, 0.15) is 30.0 Å². The Hall–Kier alpha value is -1.83. The maximum Gasteiger partial charge on any atom is 0.211 e. The van der Waals surface area contributed by atoms with Crippen LogP contribution >= 0.6 is 0 Å². The second-order valence-electron chi connectivity index (χ2n) is 6.82. The van der Waals surface area contributed by atoms with Crippen LogP contribution in [0.4, 0.5) is 8.78 Å². The molecular weight excluding hydrogens is 370 g/mol. The van der Waals surface area contributed by atoms with Crippen LogP contribution in [-0.4, -0.2) is 38.7 Å². The highest BCUT2D eigenvalue weighted by Crippen LogP contribution is 2.25. The van der Waals surface area contributed by atoms with E-state index in [0.717, 1.165) is 31.5 Å². The van der Waals surface area contributed by atoms with E-state index in [4.69, 9.17) is 0 Å². The molecule has 27 heavy (non-hydrogen) atoms. The predicted molar refractivity (Wildman–Crippen MR) is 102 cm³/mol. The van der Waals surface area contributed by atoms with Crippen molar-refractivity contribution in [1.82, 2.24) is 9.62 Å². The van der Waals surface area contributed by atoms with Gasteiger partial charge in [-0.15, -0.1) is 0 Å². The highest BCUT2D eigenvalue weighted by molar-refractivity contribution is 7.89. The van der Waals surface area contributed by atoms with Gasteiger partial charge in [0, 0.05) is 12.6 Å². The molecule has 2 aromatic rings. The van der Waals surface area contributed by atoms with Gasteiger partial charge < -0.3 is 0 Å². The van der Waals surface area contributed by atoms with Crippen molar-refractivity contribution >= 4 is 10.0 Å². The van der Waals surface area contributed by atoms with E-state index >= 15 is 0 Å². The van der Waals surface area contributed by atoms with Crippen molar-refractivity contribution in [2.45, 2.75) is 25.3 Å². The zero-order valence-corrected chi connectivity index (χ0v) is 15.9. The third kappa shape index (κ3) is 5.57. The summed E-state index contributed by atoms with van der Waals surface area (Å²) in [6, 6.07) is 12.2. The van der Waals surface area contributed by atoms with Gasteiger partial charge in [0.1, 0.15) is 11.6 Å². The normalized spacial score (nSPS) is 16.5. The molecule has 1 aliphatic heterocycles. The number of hydrogen-bond donors (Lipinski definition) is 1. The number of hydrogen-bond acceptors (Lipinski definition) is 3. The topological polar surface area (TPSA) is 49.4 Å². The first-order valence-electron chi connectivity index (χ1n) is 9.15. The van der Waals surface area contributed by atoms with Crippen molar-refractivity contribution in [3.63, 3.8) is 0 Å². The second-order valence-corrected chi connectivity index (χ2v) is 8.75. The van der Waals surface area contributed by atoms with Crippen LogP contribution in [0, 0.1) is 11.6 Å². The van der Waals surface area contributed by atoms with E-state index in [9.17, 15) is 17.2 Å². The molecule has 7 heteroatoms. The van der Waals surface area contributed by atoms with Gasteiger partial charge in [-0.25, -0.2) is 21.9 Å². The average molecular weight is 394 g/mol. The maximum atomic E-state index is 13.7. The first-order chi connectivity index (χ1) is 12.9. The third-order valence-electron chi connectivity index (χ3n) is 4.93. The minimum atomic E-state index is -3.55. The molecule has 0 aromatic heterocycles. The monoisotopic (exact) mass is 394 g/mol. The van der Waals surface area contributed by atoms with E-state index in [-0.39, 0.29) is 30.6 Å². The van der Waals surface area contributed by atoms with Crippen molar-refractivity contribution in [2.75, 3.05) is 25.4 Å². The summed E-state index contributed by atoms with van der Waals surface area (Å²) in [6.45, 7) is 1.99. The summed E-state index contributed by atoms with van der Waals surface area (Å²) in [5.74, 6) is -0.886. The van der Waals surface area contributed by atoms with Crippen molar-refractivity contribution in [3.05, 3.63) is 71.3 Å². The fraction of sp³-hybridized carbons (Fsp3) is 0.400. The second kappa shape index (κ2) is 8.91. The fourth-order valence-corrected chi connectivity index (χ4v) is 4.46. The molecule has 1 heterocycles. The molecule has 0 radical (unpaired) electrons. The molecule has 1 saturated heterocycles. The van der Waals surface area contributed by atoms with Gasteiger partial charge in [0.15, 0.2) is 0 Å². The van der Waals surface area contributed by atoms with Crippen molar-refractivity contribution in [1.29, 1.82) is 0 Å². The molecule has 1 aliphatic rings. The number of nitrogens with one attached hydrogen (secondary N) is 1. The molecule has 0 bridgehead atoms. The number of halogens is 2. The van der Waals surface area contributed by atoms with Crippen molar-refractivity contribution in [3.8, 4) is 0 Å². The third-order valence-corrected chi connectivity index (χ3v) is 6.28. The Morgan fingerprint density at radius 1 is 1.00 bits per heavy atom. The van der Waals surface area contributed by atoms with Crippen molar-refractivity contribution < 1.29 is 17.2 Å². The van der Waals surface area contributed by atoms with E-state index in [1.54, 1.807) is 30.3 Å². The molecule has 0 amide bonds. The molecule has 3 rings (SSSR count). The van der Waals surface area contributed by atoms with E-state index in [2.05, 4.69) is 9.62 Å². The number of aryl methyl sites for hydroxylation is 1. The van der Waals surface area contributed by atoms with Crippen LogP contribution in [0.25, 0.3) is 0 Å². The molecule has 146 valence electrons. The van der Waals surface area contributed by atoms with E-state index < -0.39 is 15.8 Å². The summed E-state index contributed by atoms with van der Waals surface area (Å²) in [4.78, 5) is 2.21. The van der Waals surface area contributed by atoms with Crippen LogP contribution in [0.5, 0.6) is 0 Å². The molecule has 1 atom stereocenters. The highest BCUT2D eigenvalue weighted by Gasteiger charge is 2.25. The number of nitrogens with zero attached hydrogens (tertiary/aromatic N) is 1. The minimum Gasteiger partial charge on any atom is -0.295 e. The summed E-state index contributed by atoms with van der Waals surface area (Å²) in [5.41, 5.74) is 1.27. The first kappa shape index (κ1) is 19.9. The van der Waals surface area contributed by atoms with E-state index in [1.807, 2.05) is 0 Å². The zero-order chi connectivity index (χ0) is 19.3. The molecule has 1 unspecified atom stereocenters. The summed E-state index contributed by atoms with van der Waals surface area (Å²) in [6.07, 6.45) is 2.25. The lowest BCUT2D eigenvalue weighted by Gasteiger charge is -2.28. The highest BCUT2D eigenvalue weighted by atomic mass is 32.2. The molecule has 0 saturated carbocycles. The average Bonchev–Trinajstić information content (AvgIpc) is 3.17. The lowest BCUT2D eigenvalue weighted by atomic mass is 10.1. The fourth-order valence-electron chi connectivity index (χ4n) is 3.42. The number of benzene rings is 2. The van der Waals surface area contributed by atoms with Gasteiger partial charge in [0.05, 0.1) is 5.75 Å². The lowest BCUT2D eigenvalue weighted by Crippen LogP contribution is -2.38. The maximum absolute atomic E-state index is 13.7. The molecule has 2 aromatic carbocycles. The molecule has 0 aliphatic carbocycles. The number of rotatable bonds is 8. The standard InChI is InChI=1S/C20H24F2N2O2S/c21-18-9-7-17(8-10-18)20(24-12-3-4-13-24)15-23-27(25,26)14-11-16-5-1-2-6-19(16)22/h1-2,5-10,20,23H,3-4,11-15H2. The molecular formula is C20H24F2N2O2S. The Bertz CT molecular complexity index is 851. The van der Waals surface area contributed by atoms with Crippen LogP contribution < -0.4 is 4.72 Å². The van der Waals surface area contributed by atoms with Crippen LogP contribution in [0.2, 0.25) is 0 Å². The molecule has 0 spiro atoms. The van der Waals surface area contributed by atoms with Gasteiger partial charge >= 0.3 is 0 Å². The molecule has 1 N–H and O–H groups in total. The van der Waals surface area contributed by atoms with Crippen LogP contribution in [0.3, 0.4) is 0 Å². The summed E-state index contributed by atoms with van der Waals surface area (Å²) in [7, 11) is -3.55. The van der Waals surface area contributed by atoms with E-state index in [1.165, 1.54) is 18.2 Å². The Balaban J connectivity index is 1.65. The lowest BCUT2D eigenvalue weighted by molar-refractivity contribution is 0.246. The van der Waals surface area contributed by atoms with Crippen LogP contribution in [-0.2, 0) is 16.4 Å². The molecule has 1 fully saturated rings. The summed E-state index contributed by atoms with van der Waals surface area (Å²) >= 11 is 0. The Kier molecular flexibility index (Phi) is 6.57. The van der Waals surface area contributed by atoms with Crippen LogP contribution in [0.15, 0.2) is 48.5 Å². The number of likely N-dealkylation sites (tertiary alicyclic amines) is 1. The van der Waals surface area contributed by atoms with Gasteiger partial charge in [-0.3, -0.25) is 4.90 Å². The predicted octanol–water partition coefficient (Wildman–Crippen LogP) is 3.26. The Morgan fingerprint density at radius 2 is 1.67 bits per heavy atom. The smallest absolute Gasteiger partial charge is 0.211 e. The van der Waals surface area contributed by atoms with E-state index in [0.29, 0.717) is 5.56 Å². The zero-order valence-electron chi connectivity index (χ0n) is 15.1. The quantitative estimate of drug-likeness (QED) is 0.748. The van der Waals surface area contributed by atoms with Gasteiger partial charge in [0.2, 0.25) is 10.0 Å². The summed E-state index contributed by atoms with van der Waals surface area (Å²) in [5, 5.41) is 0. The van der Waals surface area contributed by atoms with Gasteiger partial charge in [0.25, 0.3) is 0 Å². The molecule has 4 nitrogen and oxygen atoms in total. The van der Waals surface area contributed by atoms with Gasteiger partial charge in [-0.05, 0) is 61.7 Å². The SMILES string of the molecule is O=S(=O)(CCc1ccccc1F)NCC(c1ccc(F)cc1)N1CCCC1. The van der Waals surface area contributed by atoms with Gasteiger partial charge in [-0.2, -0.15) is 0 Å². The Morgan fingerprint density at radius 3 is 2.33 bits per heavy atom. The first-order valence-corrected chi connectivity index (χ1v) is 10.8. The van der Waals surface area contributed by atoms with Crippen molar-refractivity contribution in [2.24, 2.45) is 0 Å². The largest absolute Gasteiger partial charge is 0.295 e.